The van der Waals surface area contributed by atoms with Gasteiger partial charge in [0.15, 0.2) is 5.78 Å². The first kappa shape index (κ1) is 16.0. The predicted octanol–water partition coefficient (Wildman–Crippen LogP) is 3.15. The van der Waals surface area contributed by atoms with Crippen LogP contribution in [0.3, 0.4) is 0 Å². The maximum absolute atomic E-state index is 12.0. The van der Waals surface area contributed by atoms with Crippen molar-refractivity contribution in [3.63, 3.8) is 0 Å². The maximum atomic E-state index is 12.0. The van der Waals surface area contributed by atoms with Crippen molar-refractivity contribution >= 4 is 5.78 Å². The minimum Gasteiger partial charge on any atom is -0.378 e. The van der Waals surface area contributed by atoms with Crippen LogP contribution in [0.25, 0.3) is 0 Å². The molecule has 2 aliphatic rings. The number of rotatable bonds is 4. The third-order valence-electron chi connectivity index (χ3n) is 4.64. The predicted molar refractivity (Wildman–Crippen MR) is 92.3 cm³/mol. The molecule has 1 aliphatic carbocycles. The molecule has 3 rings (SSSR count). The Balaban J connectivity index is 1.90. The van der Waals surface area contributed by atoms with Gasteiger partial charge in [0.1, 0.15) is 0 Å². The Morgan fingerprint density at radius 2 is 1.78 bits per heavy atom. The summed E-state index contributed by atoms with van der Waals surface area (Å²) >= 11 is 0. The van der Waals surface area contributed by atoms with Crippen LogP contribution in [0.15, 0.2) is 47.7 Å². The van der Waals surface area contributed by atoms with Crippen LogP contribution in [-0.2, 0) is 22.4 Å². The van der Waals surface area contributed by atoms with E-state index in [9.17, 15) is 4.79 Å². The quantitative estimate of drug-likeness (QED) is 0.800. The fourth-order valence-electron chi connectivity index (χ4n) is 3.18. The molecule has 0 amide bonds. The second kappa shape index (κ2) is 7.14. The van der Waals surface area contributed by atoms with E-state index >= 15 is 0 Å². The van der Waals surface area contributed by atoms with E-state index in [4.69, 9.17) is 4.74 Å². The fraction of sp³-hybridized carbons (Fsp3) is 0.450. The molecule has 1 aromatic rings. The van der Waals surface area contributed by atoms with Crippen LogP contribution in [0.5, 0.6) is 0 Å². The van der Waals surface area contributed by atoms with Gasteiger partial charge in [-0.15, -0.1) is 0 Å². The average Bonchev–Trinajstić information content (AvgIpc) is 2.59. The first-order valence-electron chi connectivity index (χ1n) is 8.48. The smallest absolute Gasteiger partial charge is 0.158 e. The van der Waals surface area contributed by atoms with Crippen molar-refractivity contribution < 1.29 is 9.53 Å². The zero-order valence-corrected chi connectivity index (χ0v) is 14.0. The summed E-state index contributed by atoms with van der Waals surface area (Å²) in [5.74, 6) is 0.243. The van der Waals surface area contributed by atoms with Gasteiger partial charge in [-0.2, -0.15) is 0 Å². The molecule has 0 aromatic heterocycles. The Bertz CT molecular complexity index is 637. The Morgan fingerprint density at radius 1 is 1.13 bits per heavy atom. The van der Waals surface area contributed by atoms with Crippen molar-refractivity contribution in [1.82, 2.24) is 4.90 Å². The molecule has 0 bridgehead atoms. The van der Waals surface area contributed by atoms with Crippen LogP contribution >= 0.6 is 0 Å². The molecule has 1 fully saturated rings. The van der Waals surface area contributed by atoms with Gasteiger partial charge in [-0.3, -0.25) is 4.79 Å². The summed E-state index contributed by atoms with van der Waals surface area (Å²) in [6, 6.07) is 8.62. The van der Waals surface area contributed by atoms with Crippen molar-refractivity contribution in [2.24, 2.45) is 5.92 Å². The van der Waals surface area contributed by atoms with Crippen LogP contribution in [0.4, 0.5) is 0 Å². The standard InChI is InChI=1S/C20H25NO2/c1-15(2)20(22)8-7-18-13-16-5-3-4-6-17(16)14-19(18)21-9-11-23-12-10-21/h3-8,15H,9-14H2,1-2H3/b8-7-. The van der Waals surface area contributed by atoms with Gasteiger partial charge in [0, 0.05) is 31.1 Å². The number of ketones is 1. The minimum absolute atomic E-state index is 0.0505. The Morgan fingerprint density at radius 3 is 2.43 bits per heavy atom. The largest absolute Gasteiger partial charge is 0.378 e. The van der Waals surface area contributed by atoms with E-state index in [-0.39, 0.29) is 11.7 Å². The number of allylic oxidation sites excluding steroid dienone is 4. The molecule has 1 aliphatic heterocycles. The van der Waals surface area contributed by atoms with E-state index in [2.05, 4.69) is 29.2 Å². The number of ether oxygens (including phenoxy) is 1. The molecule has 0 saturated carbocycles. The molecule has 122 valence electrons. The zero-order valence-electron chi connectivity index (χ0n) is 14.0. The molecule has 3 nitrogen and oxygen atoms in total. The highest BCUT2D eigenvalue weighted by atomic mass is 16.5. The van der Waals surface area contributed by atoms with Crippen LogP contribution in [0.2, 0.25) is 0 Å². The number of nitrogens with zero attached hydrogens (tertiary/aromatic N) is 1. The zero-order chi connectivity index (χ0) is 16.2. The van der Waals surface area contributed by atoms with Gasteiger partial charge in [0.05, 0.1) is 13.2 Å². The number of carbonyl (C=O) groups excluding carboxylic acids is 1. The molecular formula is C20H25NO2. The van der Waals surface area contributed by atoms with Gasteiger partial charge in [-0.1, -0.05) is 44.2 Å². The van der Waals surface area contributed by atoms with Crippen LogP contribution in [0.1, 0.15) is 25.0 Å². The van der Waals surface area contributed by atoms with Crippen LogP contribution in [0, 0.1) is 5.92 Å². The van der Waals surface area contributed by atoms with Crippen molar-refractivity contribution in [3.8, 4) is 0 Å². The summed E-state index contributed by atoms with van der Waals surface area (Å²) in [6.45, 7) is 7.33. The highest BCUT2D eigenvalue weighted by molar-refractivity contribution is 5.91. The van der Waals surface area contributed by atoms with Gasteiger partial charge < -0.3 is 9.64 Å². The highest BCUT2D eigenvalue weighted by Crippen LogP contribution is 2.29. The van der Waals surface area contributed by atoms with E-state index < -0.39 is 0 Å². The van der Waals surface area contributed by atoms with Gasteiger partial charge in [-0.25, -0.2) is 0 Å². The lowest BCUT2D eigenvalue weighted by Crippen LogP contribution is -2.37. The highest BCUT2D eigenvalue weighted by Gasteiger charge is 2.22. The van der Waals surface area contributed by atoms with E-state index in [1.54, 1.807) is 6.08 Å². The van der Waals surface area contributed by atoms with Crippen LogP contribution in [-0.4, -0.2) is 37.0 Å². The molecule has 1 heterocycles. The fourth-order valence-corrected chi connectivity index (χ4v) is 3.18. The maximum Gasteiger partial charge on any atom is 0.158 e. The molecule has 0 atom stereocenters. The SMILES string of the molecule is CC(C)C(=O)/C=C\C1=C(N2CCOCC2)Cc2ccccc2C1. The summed E-state index contributed by atoms with van der Waals surface area (Å²) in [5.41, 5.74) is 5.42. The Labute approximate surface area is 138 Å². The number of fused-ring (bicyclic) bond motifs is 1. The van der Waals surface area contributed by atoms with E-state index in [1.807, 2.05) is 19.9 Å². The summed E-state index contributed by atoms with van der Waals surface area (Å²) in [7, 11) is 0. The molecule has 1 saturated heterocycles. The normalized spacial score (nSPS) is 18.7. The molecule has 1 aromatic carbocycles. The lowest BCUT2D eigenvalue weighted by atomic mass is 9.88. The molecule has 23 heavy (non-hydrogen) atoms. The molecular weight excluding hydrogens is 286 g/mol. The van der Waals surface area contributed by atoms with E-state index in [0.717, 1.165) is 39.1 Å². The number of morpholine rings is 1. The Kier molecular flexibility index (Phi) is 4.97. The van der Waals surface area contributed by atoms with Crippen molar-refractivity contribution in [1.29, 1.82) is 0 Å². The van der Waals surface area contributed by atoms with Gasteiger partial charge in [0.2, 0.25) is 0 Å². The van der Waals surface area contributed by atoms with E-state index in [0.29, 0.717) is 0 Å². The van der Waals surface area contributed by atoms with Crippen LogP contribution < -0.4 is 0 Å². The Hall–Kier alpha value is -1.87. The third kappa shape index (κ3) is 3.73. The summed E-state index contributed by atoms with van der Waals surface area (Å²) in [4.78, 5) is 14.4. The lowest BCUT2D eigenvalue weighted by Gasteiger charge is -2.35. The number of hydrogen-bond donors (Lipinski definition) is 0. The number of benzene rings is 1. The first-order valence-corrected chi connectivity index (χ1v) is 8.48. The van der Waals surface area contributed by atoms with Crippen molar-refractivity contribution in [2.75, 3.05) is 26.3 Å². The minimum atomic E-state index is 0.0505. The van der Waals surface area contributed by atoms with E-state index in [1.165, 1.54) is 22.4 Å². The number of carbonyl (C=O) groups is 1. The molecule has 0 unspecified atom stereocenters. The third-order valence-corrected chi connectivity index (χ3v) is 4.64. The second-order valence-corrected chi connectivity index (χ2v) is 6.58. The average molecular weight is 311 g/mol. The molecule has 0 radical (unpaired) electrons. The summed E-state index contributed by atoms with van der Waals surface area (Å²) < 4.78 is 5.49. The van der Waals surface area contributed by atoms with Gasteiger partial charge >= 0.3 is 0 Å². The van der Waals surface area contributed by atoms with Gasteiger partial charge in [-0.05, 0) is 29.2 Å². The monoisotopic (exact) mass is 311 g/mol. The topological polar surface area (TPSA) is 29.5 Å². The molecule has 3 heteroatoms. The van der Waals surface area contributed by atoms with Crippen molar-refractivity contribution in [3.05, 3.63) is 58.8 Å². The molecule has 0 spiro atoms. The molecule has 0 N–H and O–H groups in total. The second-order valence-electron chi connectivity index (χ2n) is 6.58. The summed E-state index contributed by atoms with van der Waals surface area (Å²) in [6.07, 6.45) is 5.66. The number of hydrogen-bond acceptors (Lipinski definition) is 3. The first-order chi connectivity index (χ1) is 11.1. The van der Waals surface area contributed by atoms with Crippen molar-refractivity contribution in [2.45, 2.75) is 26.7 Å². The summed E-state index contributed by atoms with van der Waals surface area (Å²) in [5, 5.41) is 0. The van der Waals surface area contributed by atoms with Gasteiger partial charge in [0.25, 0.3) is 0 Å². The lowest BCUT2D eigenvalue weighted by molar-refractivity contribution is -0.117.